The van der Waals surface area contributed by atoms with Crippen LogP contribution in [0, 0.1) is 0 Å². The standard InChI is InChI=1S/C16H19NO2/c1-16(2)13-9-11(6-7-14(13)17-15(16)19)10-4-3-5-12(18)8-10/h6-9,12,18H,3-5H2,1-2H3,(H,17,19). The zero-order chi connectivity index (χ0) is 13.6. The van der Waals surface area contributed by atoms with E-state index in [1.165, 1.54) is 5.57 Å². The molecule has 3 rings (SSSR count). The van der Waals surface area contributed by atoms with Crippen molar-refractivity contribution in [1.29, 1.82) is 0 Å². The van der Waals surface area contributed by atoms with Gasteiger partial charge in [0.1, 0.15) is 0 Å². The van der Waals surface area contributed by atoms with E-state index < -0.39 is 5.41 Å². The number of allylic oxidation sites excluding steroid dienone is 1. The zero-order valence-corrected chi connectivity index (χ0v) is 11.4. The molecule has 1 heterocycles. The summed E-state index contributed by atoms with van der Waals surface area (Å²) in [5.74, 6) is 0.0531. The Balaban J connectivity index is 2.04. The van der Waals surface area contributed by atoms with Gasteiger partial charge < -0.3 is 10.4 Å². The smallest absolute Gasteiger partial charge is 0.234 e. The highest BCUT2D eigenvalue weighted by molar-refractivity contribution is 6.05. The molecule has 0 radical (unpaired) electrons. The number of aliphatic hydroxyl groups excluding tert-OH is 1. The number of hydrogen-bond acceptors (Lipinski definition) is 2. The van der Waals surface area contributed by atoms with Gasteiger partial charge in [0.25, 0.3) is 0 Å². The molecule has 2 N–H and O–H groups in total. The van der Waals surface area contributed by atoms with Crippen LogP contribution in [-0.2, 0) is 10.2 Å². The fourth-order valence-electron chi connectivity index (χ4n) is 2.91. The predicted octanol–water partition coefficient (Wildman–Crippen LogP) is 2.84. The number of carbonyl (C=O) groups excluding carboxylic acids is 1. The molecule has 1 amide bonds. The summed E-state index contributed by atoms with van der Waals surface area (Å²) >= 11 is 0. The molecule has 1 aliphatic carbocycles. The van der Waals surface area contributed by atoms with E-state index in [0.29, 0.717) is 0 Å². The van der Waals surface area contributed by atoms with E-state index in [-0.39, 0.29) is 12.0 Å². The molecule has 0 spiro atoms. The van der Waals surface area contributed by atoms with Gasteiger partial charge in [0.2, 0.25) is 5.91 Å². The SMILES string of the molecule is CC1(C)C(=O)Nc2ccc(C3=CC(O)CCC3)cc21. The van der Waals surface area contributed by atoms with Crippen molar-refractivity contribution in [3.05, 3.63) is 35.4 Å². The average molecular weight is 257 g/mol. The maximum atomic E-state index is 11.9. The molecule has 1 aromatic rings. The summed E-state index contributed by atoms with van der Waals surface area (Å²) in [6.45, 7) is 3.89. The molecule has 2 aliphatic rings. The van der Waals surface area contributed by atoms with E-state index in [0.717, 1.165) is 36.1 Å². The zero-order valence-electron chi connectivity index (χ0n) is 11.4. The van der Waals surface area contributed by atoms with E-state index >= 15 is 0 Å². The molecule has 0 bridgehead atoms. The van der Waals surface area contributed by atoms with E-state index in [1.807, 2.05) is 32.1 Å². The van der Waals surface area contributed by atoms with E-state index in [9.17, 15) is 9.90 Å². The first-order valence-electron chi connectivity index (χ1n) is 6.83. The van der Waals surface area contributed by atoms with E-state index in [1.54, 1.807) is 0 Å². The molecular weight excluding hydrogens is 238 g/mol. The number of anilines is 1. The first kappa shape index (κ1) is 12.4. The molecule has 3 heteroatoms. The van der Waals surface area contributed by atoms with E-state index in [2.05, 4.69) is 11.4 Å². The van der Waals surface area contributed by atoms with Gasteiger partial charge in [0.15, 0.2) is 0 Å². The molecule has 19 heavy (non-hydrogen) atoms. The third kappa shape index (κ3) is 1.98. The van der Waals surface area contributed by atoms with Crippen LogP contribution in [0.2, 0.25) is 0 Å². The van der Waals surface area contributed by atoms with Crippen molar-refractivity contribution < 1.29 is 9.90 Å². The first-order valence-corrected chi connectivity index (χ1v) is 6.83. The highest BCUT2D eigenvalue weighted by atomic mass is 16.3. The van der Waals surface area contributed by atoms with Crippen LogP contribution in [0.4, 0.5) is 5.69 Å². The van der Waals surface area contributed by atoms with Gasteiger partial charge in [-0.1, -0.05) is 12.1 Å². The highest BCUT2D eigenvalue weighted by Crippen LogP contribution is 2.39. The highest BCUT2D eigenvalue weighted by Gasteiger charge is 2.38. The minimum Gasteiger partial charge on any atom is -0.389 e. The van der Waals surface area contributed by atoms with Crippen LogP contribution in [0.3, 0.4) is 0 Å². The third-order valence-electron chi connectivity index (χ3n) is 4.22. The lowest BCUT2D eigenvalue weighted by Gasteiger charge is -2.20. The molecule has 3 nitrogen and oxygen atoms in total. The quantitative estimate of drug-likeness (QED) is 0.812. The van der Waals surface area contributed by atoms with Crippen LogP contribution in [0.5, 0.6) is 0 Å². The maximum Gasteiger partial charge on any atom is 0.234 e. The van der Waals surface area contributed by atoms with Gasteiger partial charge in [0.05, 0.1) is 11.5 Å². The molecule has 1 aromatic carbocycles. The molecule has 0 aromatic heterocycles. The Morgan fingerprint density at radius 2 is 2.16 bits per heavy atom. The van der Waals surface area contributed by atoms with Crippen molar-refractivity contribution in [2.24, 2.45) is 0 Å². The van der Waals surface area contributed by atoms with Crippen LogP contribution >= 0.6 is 0 Å². The molecule has 1 unspecified atom stereocenters. The second-order valence-electron chi connectivity index (χ2n) is 5.99. The Kier molecular flexibility index (Phi) is 2.75. The van der Waals surface area contributed by atoms with Crippen molar-refractivity contribution in [3.8, 4) is 0 Å². The predicted molar refractivity (Wildman–Crippen MR) is 75.9 cm³/mol. The summed E-state index contributed by atoms with van der Waals surface area (Å²) in [6.07, 6.45) is 4.48. The van der Waals surface area contributed by atoms with E-state index in [4.69, 9.17) is 0 Å². The molecule has 100 valence electrons. The normalized spacial score (nSPS) is 24.7. The Morgan fingerprint density at radius 1 is 1.37 bits per heavy atom. The lowest BCUT2D eigenvalue weighted by atomic mass is 9.83. The molecule has 1 aliphatic heterocycles. The molecule has 1 atom stereocenters. The van der Waals surface area contributed by atoms with Crippen LogP contribution in [-0.4, -0.2) is 17.1 Å². The Bertz CT molecular complexity index is 572. The Hall–Kier alpha value is -1.61. The Morgan fingerprint density at radius 3 is 2.89 bits per heavy atom. The van der Waals surface area contributed by atoms with Crippen LogP contribution < -0.4 is 5.32 Å². The number of nitrogens with one attached hydrogen (secondary N) is 1. The van der Waals surface area contributed by atoms with Gasteiger partial charge in [-0.3, -0.25) is 4.79 Å². The number of carbonyl (C=O) groups is 1. The monoisotopic (exact) mass is 257 g/mol. The third-order valence-corrected chi connectivity index (χ3v) is 4.22. The fourth-order valence-corrected chi connectivity index (χ4v) is 2.91. The summed E-state index contributed by atoms with van der Waals surface area (Å²) in [7, 11) is 0. The minimum absolute atomic E-state index is 0.0531. The largest absolute Gasteiger partial charge is 0.389 e. The number of amides is 1. The maximum absolute atomic E-state index is 11.9. The van der Waals surface area contributed by atoms with Crippen LogP contribution in [0.1, 0.15) is 44.2 Å². The van der Waals surface area contributed by atoms with Gasteiger partial charge in [-0.05, 0) is 61.9 Å². The summed E-state index contributed by atoms with van der Waals surface area (Å²) in [5, 5.41) is 12.7. The van der Waals surface area contributed by atoms with Crippen molar-refractivity contribution in [3.63, 3.8) is 0 Å². The van der Waals surface area contributed by atoms with Crippen molar-refractivity contribution in [1.82, 2.24) is 0 Å². The fraction of sp³-hybridized carbons (Fsp3) is 0.438. The van der Waals surface area contributed by atoms with Crippen molar-refractivity contribution in [2.45, 2.75) is 44.6 Å². The van der Waals surface area contributed by atoms with Gasteiger partial charge in [0, 0.05) is 5.69 Å². The topological polar surface area (TPSA) is 49.3 Å². The minimum atomic E-state index is -0.473. The number of aliphatic hydroxyl groups is 1. The number of hydrogen-bond donors (Lipinski definition) is 2. The van der Waals surface area contributed by atoms with Gasteiger partial charge in [-0.15, -0.1) is 0 Å². The van der Waals surface area contributed by atoms with Crippen molar-refractivity contribution in [2.75, 3.05) is 5.32 Å². The average Bonchev–Trinajstić information content (AvgIpc) is 2.60. The lowest BCUT2D eigenvalue weighted by molar-refractivity contribution is -0.119. The van der Waals surface area contributed by atoms with Crippen molar-refractivity contribution >= 4 is 17.2 Å². The molecule has 0 fully saturated rings. The first-order chi connectivity index (χ1) is 8.98. The summed E-state index contributed by atoms with van der Waals surface area (Å²) < 4.78 is 0. The summed E-state index contributed by atoms with van der Waals surface area (Å²) in [5.41, 5.74) is 3.81. The molecule has 0 saturated carbocycles. The molecular formula is C16H19NO2. The number of benzene rings is 1. The van der Waals surface area contributed by atoms with Crippen LogP contribution in [0.15, 0.2) is 24.3 Å². The van der Waals surface area contributed by atoms with Gasteiger partial charge >= 0.3 is 0 Å². The van der Waals surface area contributed by atoms with Crippen LogP contribution in [0.25, 0.3) is 5.57 Å². The number of fused-ring (bicyclic) bond motifs is 1. The van der Waals surface area contributed by atoms with Gasteiger partial charge in [-0.2, -0.15) is 0 Å². The number of rotatable bonds is 1. The Labute approximate surface area is 113 Å². The second-order valence-corrected chi connectivity index (χ2v) is 5.99. The lowest BCUT2D eigenvalue weighted by Crippen LogP contribution is -2.26. The summed E-state index contributed by atoms with van der Waals surface area (Å²) in [4.78, 5) is 11.9. The summed E-state index contributed by atoms with van der Waals surface area (Å²) in [6, 6.07) is 6.10. The van der Waals surface area contributed by atoms with Gasteiger partial charge in [-0.25, -0.2) is 0 Å². The second kappa shape index (κ2) is 4.20. The molecule has 0 saturated heterocycles.